The molecule has 0 spiro atoms. The third-order valence-electron chi connectivity index (χ3n) is 4.57. The van der Waals surface area contributed by atoms with Crippen LogP contribution in [0, 0.1) is 11.6 Å². The van der Waals surface area contributed by atoms with Crippen molar-refractivity contribution in [1.29, 1.82) is 0 Å². The van der Waals surface area contributed by atoms with Crippen LogP contribution >= 0.6 is 0 Å². The van der Waals surface area contributed by atoms with Crippen LogP contribution in [0.5, 0.6) is 5.75 Å². The Bertz CT molecular complexity index is 868. The predicted octanol–water partition coefficient (Wildman–Crippen LogP) is 6.65. The van der Waals surface area contributed by atoms with Crippen molar-refractivity contribution in [1.82, 2.24) is 0 Å². The number of rotatable bonds is 6. The van der Waals surface area contributed by atoms with E-state index in [2.05, 4.69) is 6.92 Å². The quantitative estimate of drug-likeness (QED) is 0.482. The van der Waals surface area contributed by atoms with Gasteiger partial charge in [0.1, 0.15) is 5.75 Å². The van der Waals surface area contributed by atoms with Gasteiger partial charge >= 0.3 is 0 Å². The van der Waals surface area contributed by atoms with Crippen LogP contribution in [-0.4, -0.2) is 7.11 Å². The summed E-state index contributed by atoms with van der Waals surface area (Å²) in [5.74, 6) is -0.975. The first-order valence-electron chi connectivity index (χ1n) is 8.85. The first-order valence-corrected chi connectivity index (χ1v) is 8.85. The molecule has 0 fully saturated rings. The highest BCUT2D eigenvalue weighted by atomic mass is 19.2. The zero-order valence-corrected chi connectivity index (χ0v) is 15.1. The van der Waals surface area contributed by atoms with Crippen molar-refractivity contribution in [2.45, 2.75) is 26.2 Å². The van der Waals surface area contributed by atoms with E-state index in [0.29, 0.717) is 16.9 Å². The van der Waals surface area contributed by atoms with E-state index in [1.807, 2.05) is 24.3 Å². The Balaban J connectivity index is 1.91. The Kier molecular flexibility index (Phi) is 5.67. The fourth-order valence-corrected chi connectivity index (χ4v) is 3.00. The second-order valence-electron chi connectivity index (χ2n) is 6.32. The van der Waals surface area contributed by atoms with Gasteiger partial charge in [0.25, 0.3) is 0 Å². The molecule has 0 unspecified atom stereocenters. The van der Waals surface area contributed by atoms with Gasteiger partial charge in [-0.05, 0) is 41.7 Å². The van der Waals surface area contributed by atoms with E-state index in [9.17, 15) is 8.78 Å². The van der Waals surface area contributed by atoms with Crippen LogP contribution in [0.15, 0.2) is 60.7 Å². The molecule has 0 amide bonds. The largest absolute Gasteiger partial charge is 0.497 e. The molecule has 1 nitrogen and oxygen atoms in total. The average molecular weight is 352 g/mol. The van der Waals surface area contributed by atoms with Crippen LogP contribution in [0.2, 0.25) is 0 Å². The summed E-state index contributed by atoms with van der Waals surface area (Å²) in [4.78, 5) is 0. The molecule has 134 valence electrons. The minimum absolute atomic E-state index is 0.244. The number of ether oxygens (including phenoxy) is 1. The van der Waals surface area contributed by atoms with Crippen LogP contribution in [0.4, 0.5) is 8.78 Å². The molecule has 0 aliphatic rings. The molecular weight excluding hydrogens is 330 g/mol. The van der Waals surface area contributed by atoms with Gasteiger partial charge in [-0.25, -0.2) is 8.78 Å². The maximum Gasteiger partial charge on any atom is 0.167 e. The molecule has 3 aromatic carbocycles. The van der Waals surface area contributed by atoms with Crippen molar-refractivity contribution in [3.63, 3.8) is 0 Å². The minimum atomic E-state index is -0.831. The first kappa shape index (κ1) is 18.1. The lowest BCUT2D eigenvalue weighted by Gasteiger charge is -2.10. The minimum Gasteiger partial charge on any atom is -0.497 e. The number of benzene rings is 3. The molecule has 3 aromatic rings. The van der Waals surface area contributed by atoms with Crippen molar-refractivity contribution in [3.05, 3.63) is 77.9 Å². The highest BCUT2D eigenvalue weighted by Gasteiger charge is 2.16. The van der Waals surface area contributed by atoms with E-state index in [1.54, 1.807) is 43.5 Å². The highest BCUT2D eigenvalue weighted by Crippen LogP contribution is 2.32. The summed E-state index contributed by atoms with van der Waals surface area (Å²) in [6.07, 6.45) is 3.26. The Morgan fingerprint density at radius 3 is 1.69 bits per heavy atom. The van der Waals surface area contributed by atoms with Gasteiger partial charge in [-0.2, -0.15) is 0 Å². The molecule has 0 bridgehead atoms. The molecule has 0 saturated heterocycles. The van der Waals surface area contributed by atoms with Gasteiger partial charge in [0.2, 0.25) is 0 Å². The van der Waals surface area contributed by atoms with Gasteiger partial charge in [0.05, 0.1) is 7.11 Å². The van der Waals surface area contributed by atoms with Crippen molar-refractivity contribution < 1.29 is 13.5 Å². The maximum absolute atomic E-state index is 14.7. The van der Waals surface area contributed by atoms with Gasteiger partial charge in [0.15, 0.2) is 11.6 Å². The lowest BCUT2D eigenvalue weighted by molar-refractivity contribution is 0.415. The highest BCUT2D eigenvalue weighted by molar-refractivity contribution is 5.72. The molecule has 3 heteroatoms. The molecule has 0 aliphatic carbocycles. The molecule has 0 aliphatic heterocycles. The Morgan fingerprint density at radius 2 is 1.23 bits per heavy atom. The number of hydrogen-bond donors (Lipinski definition) is 0. The van der Waals surface area contributed by atoms with Crippen molar-refractivity contribution >= 4 is 0 Å². The summed E-state index contributed by atoms with van der Waals surface area (Å²) in [5, 5.41) is 0. The lowest BCUT2D eigenvalue weighted by Crippen LogP contribution is -1.94. The number of unbranched alkanes of at least 4 members (excludes halogenated alkanes) is 1. The number of methoxy groups -OCH3 is 1. The second kappa shape index (κ2) is 8.13. The lowest BCUT2D eigenvalue weighted by atomic mass is 9.97. The molecular formula is C23H22F2O. The number of halogens is 2. The number of hydrogen-bond acceptors (Lipinski definition) is 1. The number of aryl methyl sites for hydroxylation is 1. The normalized spacial score (nSPS) is 10.8. The van der Waals surface area contributed by atoms with Crippen molar-refractivity contribution in [2.24, 2.45) is 0 Å². The monoisotopic (exact) mass is 352 g/mol. The van der Waals surface area contributed by atoms with Gasteiger partial charge in [-0.15, -0.1) is 0 Å². The van der Waals surface area contributed by atoms with E-state index in [4.69, 9.17) is 4.74 Å². The summed E-state index contributed by atoms with van der Waals surface area (Å²) in [7, 11) is 1.57. The van der Waals surface area contributed by atoms with Gasteiger partial charge in [0, 0.05) is 11.1 Å². The Labute approximate surface area is 153 Å². The fourth-order valence-electron chi connectivity index (χ4n) is 3.00. The van der Waals surface area contributed by atoms with Gasteiger partial charge in [-0.3, -0.25) is 0 Å². The predicted molar refractivity (Wildman–Crippen MR) is 102 cm³/mol. The van der Waals surface area contributed by atoms with Crippen LogP contribution in [-0.2, 0) is 6.42 Å². The van der Waals surface area contributed by atoms with Crippen molar-refractivity contribution in [3.8, 4) is 28.0 Å². The summed E-state index contributed by atoms with van der Waals surface area (Å²) < 4.78 is 34.4. The molecule has 0 saturated carbocycles. The summed E-state index contributed by atoms with van der Waals surface area (Å²) in [5.41, 5.74) is 3.04. The summed E-state index contributed by atoms with van der Waals surface area (Å²) >= 11 is 0. The van der Waals surface area contributed by atoms with E-state index in [0.717, 1.165) is 19.3 Å². The molecule has 26 heavy (non-hydrogen) atoms. The first-order chi connectivity index (χ1) is 12.6. The van der Waals surface area contributed by atoms with Crippen LogP contribution < -0.4 is 4.74 Å². The molecule has 0 N–H and O–H groups in total. The smallest absolute Gasteiger partial charge is 0.167 e. The summed E-state index contributed by atoms with van der Waals surface area (Å²) in [6, 6.07) is 17.9. The van der Waals surface area contributed by atoms with Gasteiger partial charge < -0.3 is 4.74 Å². The zero-order valence-electron chi connectivity index (χ0n) is 15.1. The fraction of sp³-hybridized carbons (Fsp3) is 0.217. The second-order valence-corrected chi connectivity index (χ2v) is 6.32. The van der Waals surface area contributed by atoms with E-state index < -0.39 is 11.6 Å². The Morgan fingerprint density at radius 1 is 0.731 bits per heavy atom. The molecule has 0 radical (unpaired) electrons. The van der Waals surface area contributed by atoms with Crippen molar-refractivity contribution in [2.75, 3.05) is 7.11 Å². The molecule has 0 aromatic heterocycles. The van der Waals surface area contributed by atoms with Gasteiger partial charge in [-0.1, -0.05) is 61.9 Å². The van der Waals surface area contributed by atoms with E-state index in [1.165, 1.54) is 5.56 Å². The topological polar surface area (TPSA) is 9.23 Å². The zero-order chi connectivity index (χ0) is 18.5. The maximum atomic E-state index is 14.7. The van der Waals surface area contributed by atoms with Crippen LogP contribution in [0.3, 0.4) is 0 Å². The third-order valence-corrected chi connectivity index (χ3v) is 4.57. The third kappa shape index (κ3) is 3.77. The van der Waals surface area contributed by atoms with Crippen LogP contribution in [0.1, 0.15) is 25.3 Å². The van der Waals surface area contributed by atoms with E-state index in [-0.39, 0.29) is 11.1 Å². The SMILES string of the molecule is CCCCc1ccc(-c2ccc(-c3ccc(OC)cc3)c(F)c2F)cc1. The van der Waals surface area contributed by atoms with E-state index >= 15 is 0 Å². The summed E-state index contributed by atoms with van der Waals surface area (Å²) in [6.45, 7) is 2.15. The molecule has 3 rings (SSSR count). The molecule has 0 heterocycles. The Hall–Kier alpha value is -2.68. The average Bonchev–Trinajstić information content (AvgIpc) is 2.69. The molecule has 0 atom stereocenters. The van der Waals surface area contributed by atoms with Crippen LogP contribution in [0.25, 0.3) is 22.3 Å². The standard InChI is InChI=1S/C23H22F2O/c1-3-4-5-16-6-8-17(9-7-16)20-14-15-21(23(25)22(20)24)18-10-12-19(26-2)13-11-18/h6-15H,3-5H2,1-2H3.